The summed E-state index contributed by atoms with van der Waals surface area (Å²) in [5, 5.41) is 3.01. The molecule has 0 aliphatic carbocycles. The number of pyridine rings is 1. The van der Waals surface area contributed by atoms with Gasteiger partial charge in [-0.25, -0.2) is 9.37 Å². The fourth-order valence-electron chi connectivity index (χ4n) is 5.00. The highest BCUT2D eigenvalue weighted by atomic mass is 19.1. The molecule has 3 aliphatic rings. The zero-order valence-electron chi connectivity index (χ0n) is 18.4. The Bertz CT molecular complexity index is 945. The molecule has 1 unspecified atom stereocenters. The number of nitrogens with zero attached hydrogens (tertiary/aromatic N) is 3. The van der Waals surface area contributed by atoms with Crippen molar-refractivity contribution < 1.29 is 13.9 Å². The van der Waals surface area contributed by atoms with Crippen molar-refractivity contribution in [1.82, 2.24) is 15.2 Å². The molecule has 1 N–H and O–H groups in total. The molecule has 5 rings (SSSR count). The third-order valence-electron chi connectivity index (χ3n) is 6.95. The van der Waals surface area contributed by atoms with Crippen LogP contribution in [0.4, 0.5) is 10.2 Å². The molecule has 0 bridgehead atoms. The van der Waals surface area contributed by atoms with E-state index in [9.17, 15) is 9.18 Å². The van der Waals surface area contributed by atoms with Crippen molar-refractivity contribution in [1.29, 1.82) is 0 Å². The van der Waals surface area contributed by atoms with Gasteiger partial charge in [0, 0.05) is 45.0 Å². The van der Waals surface area contributed by atoms with E-state index in [0.29, 0.717) is 37.7 Å². The number of carbonyl (C=O) groups excluding carboxylic acids is 1. The summed E-state index contributed by atoms with van der Waals surface area (Å²) in [7, 11) is 0. The molecule has 2 aromatic rings. The highest BCUT2D eigenvalue weighted by Crippen LogP contribution is 2.22. The number of benzene rings is 1. The molecule has 0 saturated carbocycles. The van der Waals surface area contributed by atoms with Crippen LogP contribution in [0.1, 0.15) is 39.9 Å². The maximum Gasteiger partial charge on any atom is 0.253 e. The second kappa shape index (κ2) is 9.55. The molecule has 1 amide bonds. The number of hydrogen-bond acceptors (Lipinski definition) is 5. The van der Waals surface area contributed by atoms with Crippen LogP contribution in [0, 0.1) is 0 Å². The van der Waals surface area contributed by atoms with Crippen LogP contribution in [0.2, 0.25) is 0 Å². The number of anilines is 1. The predicted molar refractivity (Wildman–Crippen MR) is 122 cm³/mol. The fraction of sp³-hybridized carbons (Fsp3) is 0.520. The van der Waals surface area contributed by atoms with E-state index in [4.69, 9.17) is 4.74 Å². The van der Waals surface area contributed by atoms with E-state index in [1.54, 1.807) is 18.3 Å². The minimum atomic E-state index is -0.791. The van der Waals surface area contributed by atoms with Crippen molar-refractivity contribution in [3.8, 4) is 0 Å². The lowest BCUT2D eigenvalue weighted by Crippen LogP contribution is -2.37. The van der Waals surface area contributed by atoms with Gasteiger partial charge in [0.2, 0.25) is 0 Å². The molecule has 4 heterocycles. The van der Waals surface area contributed by atoms with Gasteiger partial charge in [0.1, 0.15) is 12.0 Å². The lowest BCUT2D eigenvalue weighted by Gasteiger charge is -2.25. The van der Waals surface area contributed by atoms with Gasteiger partial charge in [0.05, 0.1) is 18.7 Å². The maximum absolute atomic E-state index is 13.4. The zero-order chi connectivity index (χ0) is 21.9. The van der Waals surface area contributed by atoms with Gasteiger partial charge >= 0.3 is 0 Å². The number of fused-ring (bicyclic) bond motifs is 1. The molecule has 7 heteroatoms. The van der Waals surface area contributed by atoms with Gasteiger partial charge in [-0.2, -0.15) is 0 Å². The zero-order valence-corrected chi connectivity index (χ0v) is 18.4. The monoisotopic (exact) mass is 438 g/mol. The van der Waals surface area contributed by atoms with Crippen LogP contribution >= 0.6 is 0 Å². The lowest BCUT2D eigenvalue weighted by atomic mass is 10.00. The molecule has 1 aromatic heterocycles. The maximum atomic E-state index is 13.4. The van der Waals surface area contributed by atoms with Crippen LogP contribution in [0.5, 0.6) is 0 Å². The smallest absolute Gasteiger partial charge is 0.253 e. The fourth-order valence-corrected chi connectivity index (χ4v) is 5.00. The van der Waals surface area contributed by atoms with E-state index in [2.05, 4.69) is 33.4 Å². The molecule has 0 radical (unpaired) electrons. The number of alkyl halides is 1. The van der Waals surface area contributed by atoms with E-state index >= 15 is 0 Å². The number of carbonyl (C=O) groups is 1. The van der Waals surface area contributed by atoms with Gasteiger partial charge in [0.25, 0.3) is 5.91 Å². The van der Waals surface area contributed by atoms with Crippen LogP contribution in [0.15, 0.2) is 36.5 Å². The third-order valence-corrected chi connectivity index (χ3v) is 6.95. The Morgan fingerprint density at radius 1 is 1.12 bits per heavy atom. The SMILES string of the molecule is O=C(NCc1ccc2c(c1)CCN(C1CCOC1)CC2)c1ccc(N2CC[C@@H](F)C2)nc1. The van der Waals surface area contributed by atoms with Crippen LogP contribution in [-0.2, 0) is 24.1 Å². The highest BCUT2D eigenvalue weighted by molar-refractivity contribution is 5.94. The average Bonchev–Trinajstić information content (AvgIpc) is 3.46. The van der Waals surface area contributed by atoms with Crippen molar-refractivity contribution in [2.45, 2.75) is 44.4 Å². The van der Waals surface area contributed by atoms with E-state index in [0.717, 1.165) is 56.9 Å². The van der Waals surface area contributed by atoms with Crippen molar-refractivity contribution in [2.75, 3.05) is 44.3 Å². The van der Waals surface area contributed by atoms with Crippen LogP contribution in [0.3, 0.4) is 0 Å². The van der Waals surface area contributed by atoms with Gasteiger partial charge in [-0.3, -0.25) is 9.69 Å². The summed E-state index contributed by atoms with van der Waals surface area (Å²) in [5.41, 5.74) is 4.44. The molecule has 0 spiro atoms. The first-order chi connectivity index (χ1) is 15.7. The predicted octanol–water partition coefficient (Wildman–Crippen LogP) is 2.75. The average molecular weight is 439 g/mol. The standard InChI is InChI=1S/C25H31FN4O2/c26-22-7-11-30(16-22)24-4-3-21(15-27-24)25(31)28-14-18-1-2-19-5-9-29(10-6-20(19)13-18)23-8-12-32-17-23/h1-4,13,15,22-23H,5-12,14,16-17H2,(H,28,31)/t22-,23?/m1/s1. The number of nitrogens with one attached hydrogen (secondary N) is 1. The van der Waals surface area contributed by atoms with Gasteiger partial charge in [-0.05, 0) is 54.5 Å². The van der Waals surface area contributed by atoms with Crippen LogP contribution < -0.4 is 10.2 Å². The number of ether oxygens (including phenoxy) is 1. The molecule has 2 fully saturated rings. The molecule has 170 valence electrons. The summed E-state index contributed by atoms with van der Waals surface area (Å²) in [4.78, 5) is 21.4. The van der Waals surface area contributed by atoms with Gasteiger partial charge in [-0.15, -0.1) is 0 Å². The normalized spacial score (nSPS) is 23.7. The molecule has 1 aromatic carbocycles. The number of halogens is 1. The Kier molecular flexibility index (Phi) is 6.37. The first kappa shape index (κ1) is 21.3. The molecule has 6 nitrogen and oxygen atoms in total. The Hall–Kier alpha value is -2.51. The Labute approximate surface area is 188 Å². The Balaban J connectivity index is 1.16. The summed E-state index contributed by atoms with van der Waals surface area (Å²) in [5.74, 6) is 0.585. The highest BCUT2D eigenvalue weighted by Gasteiger charge is 2.25. The summed E-state index contributed by atoms with van der Waals surface area (Å²) < 4.78 is 19.0. The van der Waals surface area contributed by atoms with Crippen LogP contribution in [0.25, 0.3) is 0 Å². The summed E-state index contributed by atoms with van der Waals surface area (Å²) in [6.45, 7) is 5.43. The van der Waals surface area contributed by atoms with Gasteiger partial charge in [0.15, 0.2) is 0 Å². The van der Waals surface area contributed by atoms with Crippen molar-refractivity contribution in [3.05, 3.63) is 58.8 Å². The number of hydrogen-bond donors (Lipinski definition) is 1. The minimum absolute atomic E-state index is 0.142. The summed E-state index contributed by atoms with van der Waals surface area (Å²) in [6, 6.07) is 10.7. The van der Waals surface area contributed by atoms with E-state index in [1.807, 2.05) is 4.90 Å². The molecule has 2 saturated heterocycles. The first-order valence-corrected chi connectivity index (χ1v) is 11.7. The minimum Gasteiger partial charge on any atom is -0.380 e. The Morgan fingerprint density at radius 3 is 2.72 bits per heavy atom. The second-order valence-corrected chi connectivity index (χ2v) is 9.08. The number of aromatic nitrogens is 1. The van der Waals surface area contributed by atoms with E-state index < -0.39 is 6.17 Å². The molecule has 3 aliphatic heterocycles. The van der Waals surface area contributed by atoms with Crippen molar-refractivity contribution in [3.63, 3.8) is 0 Å². The number of amides is 1. The van der Waals surface area contributed by atoms with E-state index in [-0.39, 0.29) is 5.91 Å². The lowest BCUT2D eigenvalue weighted by molar-refractivity contribution is 0.0950. The third kappa shape index (κ3) is 4.79. The summed E-state index contributed by atoms with van der Waals surface area (Å²) >= 11 is 0. The van der Waals surface area contributed by atoms with Crippen molar-refractivity contribution in [2.24, 2.45) is 0 Å². The van der Waals surface area contributed by atoms with Gasteiger partial charge < -0.3 is 15.0 Å². The van der Waals surface area contributed by atoms with Crippen molar-refractivity contribution >= 4 is 11.7 Å². The van der Waals surface area contributed by atoms with Gasteiger partial charge in [-0.1, -0.05) is 18.2 Å². The molecular weight excluding hydrogens is 407 g/mol. The largest absolute Gasteiger partial charge is 0.380 e. The molecule has 32 heavy (non-hydrogen) atoms. The molecule has 2 atom stereocenters. The second-order valence-electron chi connectivity index (χ2n) is 9.08. The molecular formula is C25H31FN4O2. The number of rotatable bonds is 5. The quantitative estimate of drug-likeness (QED) is 0.778. The summed E-state index contributed by atoms with van der Waals surface area (Å²) in [6.07, 6.45) is 4.57. The topological polar surface area (TPSA) is 57.7 Å². The first-order valence-electron chi connectivity index (χ1n) is 11.7. The van der Waals surface area contributed by atoms with E-state index in [1.165, 1.54) is 11.1 Å². The van der Waals surface area contributed by atoms with Crippen LogP contribution in [-0.4, -0.2) is 67.4 Å². The Morgan fingerprint density at radius 2 is 2.00 bits per heavy atom.